The zero-order chi connectivity index (χ0) is 22.3. The number of aromatic nitrogens is 3. The molecule has 0 bridgehead atoms. The maximum absolute atomic E-state index is 12.7. The first-order chi connectivity index (χ1) is 15.6. The molecule has 0 spiro atoms. The number of nitrogens with zero attached hydrogens (tertiary/aromatic N) is 5. The highest BCUT2D eigenvalue weighted by Crippen LogP contribution is 2.28. The van der Waals surface area contributed by atoms with Crippen molar-refractivity contribution in [2.75, 3.05) is 33.3 Å². The van der Waals surface area contributed by atoms with Crippen LogP contribution >= 0.6 is 0 Å². The number of amides is 1. The van der Waals surface area contributed by atoms with E-state index < -0.39 is 0 Å². The molecule has 2 aromatic heterocycles. The Balaban J connectivity index is 1.24. The van der Waals surface area contributed by atoms with Gasteiger partial charge in [0.25, 0.3) is 0 Å². The van der Waals surface area contributed by atoms with Gasteiger partial charge in [0, 0.05) is 25.7 Å². The predicted octanol–water partition coefficient (Wildman–Crippen LogP) is 3.37. The maximum Gasteiger partial charge on any atom is 0.236 e. The van der Waals surface area contributed by atoms with Crippen molar-refractivity contribution in [3.05, 3.63) is 60.1 Å². The van der Waals surface area contributed by atoms with Crippen molar-refractivity contribution in [2.45, 2.75) is 32.2 Å². The maximum atomic E-state index is 12.7. The van der Waals surface area contributed by atoms with Crippen molar-refractivity contribution in [3.8, 4) is 17.3 Å². The van der Waals surface area contributed by atoms with Crippen molar-refractivity contribution < 1.29 is 14.1 Å². The molecule has 3 heterocycles. The van der Waals surface area contributed by atoms with Crippen LogP contribution in [0.3, 0.4) is 0 Å². The lowest BCUT2D eigenvalue weighted by Gasteiger charge is -2.31. The van der Waals surface area contributed by atoms with E-state index in [1.807, 2.05) is 56.4 Å². The highest BCUT2D eigenvalue weighted by molar-refractivity contribution is 5.78. The van der Waals surface area contributed by atoms with Crippen molar-refractivity contribution >= 4 is 5.91 Å². The van der Waals surface area contributed by atoms with Crippen LogP contribution in [0.2, 0.25) is 0 Å². The topological polar surface area (TPSA) is 84.6 Å². The Morgan fingerprint density at radius 3 is 2.66 bits per heavy atom. The molecular formula is C24H29N5O3. The Labute approximate surface area is 188 Å². The van der Waals surface area contributed by atoms with Crippen LogP contribution in [0.5, 0.6) is 5.75 Å². The van der Waals surface area contributed by atoms with Crippen LogP contribution in [0, 0.1) is 0 Å². The van der Waals surface area contributed by atoms with E-state index in [-0.39, 0.29) is 11.8 Å². The molecule has 0 N–H and O–H groups in total. The normalized spacial score (nSPS) is 14.9. The number of likely N-dealkylation sites (N-methyl/N-ethyl adjacent to an activating group) is 1. The molecule has 32 heavy (non-hydrogen) atoms. The minimum Gasteiger partial charge on any atom is -0.494 e. The van der Waals surface area contributed by atoms with Gasteiger partial charge in [0.2, 0.25) is 17.6 Å². The first kappa shape index (κ1) is 22.0. The van der Waals surface area contributed by atoms with Crippen LogP contribution in [0.15, 0.2) is 53.2 Å². The van der Waals surface area contributed by atoms with E-state index in [9.17, 15) is 4.79 Å². The molecule has 3 aromatic rings. The van der Waals surface area contributed by atoms with Gasteiger partial charge in [-0.25, -0.2) is 0 Å². The monoisotopic (exact) mass is 435 g/mol. The molecule has 1 fully saturated rings. The van der Waals surface area contributed by atoms with E-state index in [0.29, 0.717) is 37.1 Å². The average molecular weight is 436 g/mol. The van der Waals surface area contributed by atoms with E-state index >= 15 is 0 Å². The Bertz CT molecular complexity index is 998. The van der Waals surface area contributed by atoms with E-state index in [2.05, 4.69) is 20.0 Å². The Hall–Kier alpha value is -3.26. The number of carbonyl (C=O) groups excluding carboxylic acids is 1. The zero-order valence-electron chi connectivity index (χ0n) is 18.6. The molecule has 1 saturated heterocycles. The molecule has 1 aliphatic heterocycles. The summed E-state index contributed by atoms with van der Waals surface area (Å²) in [6.45, 7) is 5.27. The minimum absolute atomic E-state index is 0.118. The number of ether oxygens (including phenoxy) is 1. The van der Waals surface area contributed by atoms with Crippen LogP contribution in [0.25, 0.3) is 11.5 Å². The number of rotatable bonds is 8. The summed E-state index contributed by atoms with van der Waals surface area (Å²) in [5.41, 5.74) is 1.80. The van der Waals surface area contributed by atoms with E-state index in [1.54, 1.807) is 11.1 Å². The van der Waals surface area contributed by atoms with Gasteiger partial charge in [-0.3, -0.25) is 14.7 Å². The lowest BCUT2D eigenvalue weighted by Crippen LogP contribution is -2.41. The van der Waals surface area contributed by atoms with Gasteiger partial charge >= 0.3 is 0 Å². The van der Waals surface area contributed by atoms with Crippen LogP contribution in [-0.4, -0.2) is 64.1 Å². The number of pyridine rings is 1. The van der Waals surface area contributed by atoms with Gasteiger partial charge in [0.15, 0.2) is 0 Å². The smallest absolute Gasteiger partial charge is 0.236 e. The molecule has 8 heteroatoms. The van der Waals surface area contributed by atoms with Crippen LogP contribution in [-0.2, 0) is 11.3 Å². The highest BCUT2D eigenvalue weighted by atomic mass is 16.5. The Kier molecular flexibility index (Phi) is 7.11. The number of likely N-dealkylation sites (tertiary alicyclic amines) is 1. The van der Waals surface area contributed by atoms with E-state index in [1.165, 1.54) is 0 Å². The molecule has 168 valence electrons. The molecule has 1 aliphatic rings. The predicted molar refractivity (Wildman–Crippen MR) is 120 cm³/mol. The summed E-state index contributed by atoms with van der Waals surface area (Å²) in [7, 11) is 1.85. The highest BCUT2D eigenvalue weighted by Gasteiger charge is 2.27. The summed E-state index contributed by atoms with van der Waals surface area (Å²) in [5.74, 6) is 2.36. The molecule has 8 nitrogen and oxygen atoms in total. The van der Waals surface area contributed by atoms with Crippen LogP contribution in [0.1, 0.15) is 37.1 Å². The van der Waals surface area contributed by atoms with Gasteiger partial charge in [-0.2, -0.15) is 4.98 Å². The minimum atomic E-state index is 0.118. The Morgan fingerprint density at radius 1 is 1.19 bits per heavy atom. The lowest BCUT2D eigenvalue weighted by atomic mass is 9.97. The molecule has 0 saturated carbocycles. The summed E-state index contributed by atoms with van der Waals surface area (Å²) in [4.78, 5) is 25.5. The molecule has 1 amide bonds. The number of benzene rings is 1. The second-order valence-corrected chi connectivity index (χ2v) is 8.05. The van der Waals surface area contributed by atoms with E-state index in [0.717, 1.165) is 37.2 Å². The largest absolute Gasteiger partial charge is 0.494 e. The SMILES string of the molecule is CCOc1ccc(CN(C)C(=O)CN2CCC(c3nc(-c4ccccn4)no3)CC2)cc1. The Morgan fingerprint density at radius 2 is 1.97 bits per heavy atom. The summed E-state index contributed by atoms with van der Waals surface area (Å²) in [5, 5.41) is 4.08. The fourth-order valence-corrected chi connectivity index (χ4v) is 3.87. The first-order valence-electron chi connectivity index (χ1n) is 11.1. The number of piperidine rings is 1. The van der Waals surface area contributed by atoms with Crippen molar-refractivity contribution in [2.24, 2.45) is 0 Å². The van der Waals surface area contributed by atoms with Crippen LogP contribution in [0.4, 0.5) is 0 Å². The molecule has 0 unspecified atom stereocenters. The van der Waals surface area contributed by atoms with E-state index in [4.69, 9.17) is 9.26 Å². The van der Waals surface area contributed by atoms with Crippen molar-refractivity contribution in [3.63, 3.8) is 0 Å². The number of carbonyl (C=O) groups is 1. The van der Waals surface area contributed by atoms with Gasteiger partial charge in [0.05, 0.1) is 13.2 Å². The molecule has 4 rings (SSSR count). The average Bonchev–Trinajstić information content (AvgIpc) is 3.32. The standard InChI is InChI=1S/C24H29N5O3/c1-3-31-20-9-7-18(8-10-20)16-28(2)22(30)17-29-14-11-19(12-15-29)24-26-23(27-32-24)21-6-4-5-13-25-21/h4-10,13,19H,3,11-12,14-17H2,1-2H3. The molecule has 0 atom stereocenters. The summed E-state index contributed by atoms with van der Waals surface area (Å²) in [6.07, 6.45) is 3.49. The quantitative estimate of drug-likeness (QED) is 0.536. The molecule has 1 aromatic carbocycles. The van der Waals surface area contributed by atoms with Gasteiger partial charge in [-0.1, -0.05) is 23.4 Å². The summed E-state index contributed by atoms with van der Waals surface area (Å²) < 4.78 is 11.0. The zero-order valence-corrected chi connectivity index (χ0v) is 18.6. The fourth-order valence-electron chi connectivity index (χ4n) is 3.87. The first-order valence-corrected chi connectivity index (χ1v) is 11.1. The van der Waals surface area contributed by atoms with Gasteiger partial charge in [-0.15, -0.1) is 0 Å². The van der Waals surface area contributed by atoms with Gasteiger partial charge < -0.3 is 14.2 Å². The van der Waals surface area contributed by atoms with Gasteiger partial charge in [0.1, 0.15) is 11.4 Å². The third-order valence-electron chi connectivity index (χ3n) is 5.71. The van der Waals surface area contributed by atoms with Crippen LogP contribution < -0.4 is 4.74 Å². The summed E-state index contributed by atoms with van der Waals surface area (Å²) >= 11 is 0. The van der Waals surface area contributed by atoms with Gasteiger partial charge in [-0.05, 0) is 62.7 Å². The second-order valence-electron chi connectivity index (χ2n) is 8.05. The second kappa shape index (κ2) is 10.4. The summed E-state index contributed by atoms with van der Waals surface area (Å²) in [6, 6.07) is 13.5. The third kappa shape index (κ3) is 5.50. The number of hydrogen-bond acceptors (Lipinski definition) is 7. The van der Waals surface area contributed by atoms with Crippen molar-refractivity contribution in [1.29, 1.82) is 0 Å². The third-order valence-corrected chi connectivity index (χ3v) is 5.71. The lowest BCUT2D eigenvalue weighted by molar-refractivity contribution is -0.131. The molecule has 0 radical (unpaired) electrons. The molecular weight excluding hydrogens is 406 g/mol. The molecule has 0 aliphatic carbocycles. The fraction of sp³-hybridized carbons (Fsp3) is 0.417. The number of hydrogen-bond donors (Lipinski definition) is 0. The van der Waals surface area contributed by atoms with Crippen molar-refractivity contribution in [1.82, 2.24) is 24.9 Å².